The summed E-state index contributed by atoms with van der Waals surface area (Å²) in [7, 11) is 1.49. The van der Waals surface area contributed by atoms with E-state index in [0.29, 0.717) is 17.7 Å². The van der Waals surface area contributed by atoms with Gasteiger partial charge in [0.15, 0.2) is 0 Å². The number of hydrogen-bond donors (Lipinski definition) is 1. The van der Waals surface area contributed by atoms with Crippen molar-refractivity contribution in [2.75, 3.05) is 7.11 Å². The Morgan fingerprint density at radius 3 is 2.46 bits per heavy atom. The molecule has 0 saturated heterocycles. The van der Waals surface area contributed by atoms with E-state index in [1.807, 2.05) is 19.1 Å². The van der Waals surface area contributed by atoms with Crippen LogP contribution >= 0.6 is 0 Å². The number of aliphatic carboxylic acids is 1. The van der Waals surface area contributed by atoms with Crippen molar-refractivity contribution in [3.8, 4) is 5.75 Å². The highest BCUT2D eigenvalue weighted by molar-refractivity contribution is 5.95. The van der Waals surface area contributed by atoms with Crippen molar-refractivity contribution >= 4 is 11.9 Å². The van der Waals surface area contributed by atoms with E-state index < -0.39 is 18.0 Å². The van der Waals surface area contributed by atoms with Crippen molar-refractivity contribution in [1.29, 1.82) is 0 Å². The molecule has 0 spiro atoms. The van der Waals surface area contributed by atoms with Crippen molar-refractivity contribution in [1.82, 2.24) is 0 Å². The van der Waals surface area contributed by atoms with Crippen LogP contribution in [0.1, 0.15) is 62.4 Å². The van der Waals surface area contributed by atoms with Crippen LogP contribution in [0, 0.1) is 5.92 Å². The number of esters is 1. The molecule has 1 aromatic rings. The number of carboxylic acid groups (broad SMARTS) is 1. The lowest BCUT2D eigenvalue weighted by Gasteiger charge is -2.21. The highest BCUT2D eigenvalue weighted by Gasteiger charge is 2.30. The smallest absolute Gasteiger partial charge is 0.345 e. The van der Waals surface area contributed by atoms with Crippen molar-refractivity contribution in [3.05, 3.63) is 29.3 Å². The third kappa shape index (κ3) is 5.25. The molecular formula is C19H28O5. The lowest BCUT2D eigenvalue weighted by atomic mass is 9.99. The fraction of sp³-hybridized carbons (Fsp3) is 0.579. The van der Waals surface area contributed by atoms with Crippen LogP contribution in [0.15, 0.2) is 18.2 Å². The first-order valence-corrected chi connectivity index (χ1v) is 8.55. The van der Waals surface area contributed by atoms with Gasteiger partial charge in [-0.3, -0.25) is 0 Å². The van der Waals surface area contributed by atoms with Gasteiger partial charge < -0.3 is 14.6 Å². The van der Waals surface area contributed by atoms with Gasteiger partial charge in [-0.15, -0.1) is 0 Å². The van der Waals surface area contributed by atoms with E-state index >= 15 is 0 Å². The van der Waals surface area contributed by atoms with Crippen LogP contribution in [0.4, 0.5) is 0 Å². The molecule has 0 aliphatic rings. The minimum atomic E-state index is -1.16. The maximum atomic E-state index is 12.6. The number of unbranched alkanes of at least 4 members (excludes halogenated alkanes) is 2. The van der Waals surface area contributed by atoms with Gasteiger partial charge in [-0.05, 0) is 30.9 Å². The molecule has 0 bridgehead atoms. The average Bonchev–Trinajstić information content (AvgIpc) is 2.58. The first-order valence-electron chi connectivity index (χ1n) is 8.55. The van der Waals surface area contributed by atoms with Gasteiger partial charge in [-0.2, -0.15) is 0 Å². The quantitative estimate of drug-likeness (QED) is 0.515. The predicted octanol–water partition coefficient (Wildman–Crippen LogP) is 4.08. The number of carbonyl (C=O) groups is 2. The standard InChI is InChI=1S/C19H28O5/c1-5-7-8-10-14-11-9-12-15(23-4)16(14)19(22)24-17(18(20)21)13(3)6-2/h9,11-13,17H,5-8,10H2,1-4H3,(H,20,21)/t13-,17+/m0/s1. The third-order valence-electron chi connectivity index (χ3n) is 4.22. The van der Waals surface area contributed by atoms with Crippen molar-refractivity contribution < 1.29 is 24.2 Å². The highest BCUT2D eigenvalue weighted by Crippen LogP contribution is 2.26. The number of carboxylic acids is 1. The summed E-state index contributed by atoms with van der Waals surface area (Å²) in [5, 5.41) is 9.33. The van der Waals surface area contributed by atoms with Crippen LogP contribution < -0.4 is 4.74 Å². The Morgan fingerprint density at radius 2 is 1.92 bits per heavy atom. The Labute approximate surface area is 144 Å². The fourth-order valence-corrected chi connectivity index (χ4v) is 2.55. The number of hydrogen-bond acceptors (Lipinski definition) is 4. The molecule has 134 valence electrons. The van der Waals surface area contributed by atoms with E-state index in [4.69, 9.17) is 9.47 Å². The summed E-state index contributed by atoms with van der Waals surface area (Å²) in [5.74, 6) is -1.60. The molecule has 0 unspecified atom stereocenters. The van der Waals surface area contributed by atoms with E-state index in [1.165, 1.54) is 7.11 Å². The molecule has 0 aliphatic carbocycles. The molecule has 0 radical (unpaired) electrons. The second-order valence-electron chi connectivity index (χ2n) is 6.00. The summed E-state index contributed by atoms with van der Waals surface area (Å²) in [5.41, 5.74) is 1.17. The summed E-state index contributed by atoms with van der Waals surface area (Å²) in [6.07, 6.45) is 3.29. The normalized spacial score (nSPS) is 13.2. The summed E-state index contributed by atoms with van der Waals surface area (Å²) in [6, 6.07) is 5.40. The molecule has 5 heteroatoms. The minimum absolute atomic E-state index is 0.260. The Morgan fingerprint density at radius 1 is 1.21 bits per heavy atom. The highest BCUT2D eigenvalue weighted by atomic mass is 16.6. The molecule has 1 N–H and O–H groups in total. The number of aryl methyl sites for hydroxylation is 1. The number of benzene rings is 1. The second kappa shape index (κ2) is 9.96. The summed E-state index contributed by atoms with van der Waals surface area (Å²) < 4.78 is 10.6. The molecule has 1 rings (SSSR count). The zero-order chi connectivity index (χ0) is 18.1. The number of ether oxygens (including phenoxy) is 2. The lowest BCUT2D eigenvalue weighted by molar-refractivity contribution is -0.150. The van der Waals surface area contributed by atoms with E-state index in [-0.39, 0.29) is 5.92 Å². The summed E-state index contributed by atoms with van der Waals surface area (Å²) >= 11 is 0. The Kier molecular flexibility index (Phi) is 8.30. The maximum Gasteiger partial charge on any atom is 0.345 e. The molecule has 5 nitrogen and oxygen atoms in total. The predicted molar refractivity (Wildman–Crippen MR) is 92.5 cm³/mol. The molecule has 24 heavy (non-hydrogen) atoms. The second-order valence-corrected chi connectivity index (χ2v) is 6.00. The van der Waals surface area contributed by atoms with Gasteiger partial charge >= 0.3 is 11.9 Å². The van der Waals surface area contributed by atoms with Gasteiger partial charge in [-0.25, -0.2) is 9.59 Å². The van der Waals surface area contributed by atoms with Gasteiger partial charge in [0, 0.05) is 5.92 Å². The van der Waals surface area contributed by atoms with Gasteiger partial charge in [0.2, 0.25) is 6.10 Å². The number of methoxy groups -OCH3 is 1. The van der Waals surface area contributed by atoms with Gasteiger partial charge in [0.25, 0.3) is 0 Å². The first kappa shape index (κ1) is 20.0. The minimum Gasteiger partial charge on any atom is -0.496 e. The molecule has 0 fully saturated rings. The Balaban J connectivity index is 3.08. The topological polar surface area (TPSA) is 72.8 Å². The molecule has 0 saturated carbocycles. The zero-order valence-electron chi connectivity index (χ0n) is 15.0. The Bertz CT molecular complexity index is 553. The van der Waals surface area contributed by atoms with Crippen LogP contribution in [-0.4, -0.2) is 30.3 Å². The number of carbonyl (C=O) groups excluding carboxylic acids is 1. The molecule has 0 aliphatic heterocycles. The molecule has 0 heterocycles. The first-order chi connectivity index (χ1) is 11.5. The molecular weight excluding hydrogens is 308 g/mol. The van der Waals surface area contributed by atoms with Crippen LogP contribution in [0.25, 0.3) is 0 Å². The van der Waals surface area contributed by atoms with Gasteiger partial charge in [0.05, 0.1) is 7.11 Å². The third-order valence-corrected chi connectivity index (χ3v) is 4.22. The summed E-state index contributed by atoms with van der Waals surface area (Å²) in [4.78, 5) is 24.1. The zero-order valence-corrected chi connectivity index (χ0v) is 15.0. The molecule has 0 aromatic heterocycles. The van der Waals surface area contributed by atoms with Gasteiger partial charge in [0.1, 0.15) is 11.3 Å². The van der Waals surface area contributed by atoms with Crippen LogP contribution in [0.2, 0.25) is 0 Å². The molecule has 0 amide bonds. The Hall–Kier alpha value is -2.04. The number of rotatable bonds is 10. The van der Waals surface area contributed by atoms with Crippen molar-refractivity contribution in [2.45, 2.75) is 59.0 Å². The van der Waals surface area contributed by atoms with Crippen LogP contribution in [0.5, 0.6) is 5.75 Å². The largest absolute Gasteiger partial charge is 0.496 e. The fourth-order valence-electron chi connectivity index (χ4n) is 2.55. The van der Waals surface area contributed by atoms with E-state index in [2.05, 4.69) is 6.92 Å². The van der Waals surface area contributed by atoms with Gasteiger partial charge in [-0.1, -0.05) is 45.7 Å². The van der Waals surface area contributed by atoms with E-state index in [1.54, 1.807) is 13.0 Å². The SMILES string of the molecule is CCCCCc1cccc(OC)c1C(=O)O[C@@H](C(=O)O)[C@@H](C)CC. The summed E-state index contributed by atoms with van der Waals surface area (Å²) in [6.45, 7) is 5.74. The molecule has 2 atom stereocenters. The molecule has 1 aromatic carbocycles. The van der Waals surface area contributed by atoms with Crippen LogP contribution in [0.3, 0.4) is 0 Å². The average molecular weight is 336 g/mol. The van der Waals surface area contributed by atoms with Crippen LogP contribution in [-0.2, 0) is 16.0 Å². The monoisotopic (exact) mass is 336 g/mol. The van der Waals surface area contributed by atoms with Crippen molar-refractivity contribution in [3.63, 3.8) is 0 Å². The van der Waals surface area contributed by atoms with E-state index in [9.17, 15) is 14.7 Å². The lowest BCUT2D eigenvalue weighted by Crippen LogP contribution is -2.33. The van der Waals surface area contributed by atoms with Crippen molar-refractivity contribution in [2.24, 2.45) is 5.92 Å². The van der Waals surface area contributed by atoms with E-state index in [0.717, 1.165) is 31.2 Å². The maximum absolute atomic E-state index is 12.6.